The number of aromatic nitrogens is 2. The van der Waals surface area contributed by atoms with Crippen molar-refractivity contribution in [2.75, 3.05) is 7.05 Å². The highest BCUT2D eigenvalue weighted by Gasteiger charge is 2.28. The second-order valence-corrected chi connectivity index (χ2v) is 4.54. The fourth-order valence-corrected chi connectivity index (χ4v) is 2.83. The summed E-state index contributed by atoms with van der Waals surface area (Å²) in [5, 5.41) is 9.20. The topological polar surface area (TPSA) is 29.9 Å². The second-order valence-electron chi connectivity index (χ2n) is 4.54. The lowest BCUT2D eigenvalue weighted by Gasteiger charge is -2.20. The summed E-state index contributed by atoms with van der Waals surface area (Å²) in [7, 11) is 2.05. The summed E-state index contributed by atoms with van der Waals surface area (Å²) >= 11 is 0. The molecule has 2 atom stereocenters. The third kappa shape index (κ3) is 1.43. The average molecular weight is 215 g/mol. The molecule has 1 aliphatic rings. The molecule has 2 unspecified atom stereocenters. The van der Waals surface area contributed by atoms with Crippen molar-refractivity contribution < 1.29 is 0 Å². The van der Waals surface area contributed by atoms with Crippen molar-refractivity contribution in [2.45, 2.75) is 31.3 Å². The summed E-state index contributed by atoms with van der Waals surface area (Å²) in [6, 6.07) is 9.53. The normalized spacial score (nSPS) is 25.3. The van der Waals surface area contributed by atoms with Crippen molar-refractivity contribution in [3.8, 4) is 0 Å². The fraction of sp³-hybridized carbons (Fsp3) is 0.462. The van der Waals surface area contributed by atoms with Crippen LogP contribution in [-0.2, 0) is 0 Å². The van der Waals surface area contributed by atoms with Crippen LogP contribution in [0.5, 0.6) is 0 Å². The molecule has 1 aliphatic carbocycles. The summed E-state index contributed by atoms with van der Waals surface area (Å²) in [5.74, 6) is 0. The van der Waals surface area contributed by atoms with Gasteiger partial charge in [-0.25, -0.2) is 0 Å². The number of nitrogens with one attached hydrogen (secondary N) is 1. The monoisotopic (exact) mass is 215 g/mol. The van der Waals surface area contributed by atoms with E-state index >= 15 is 0 Å². The molecule has 1 heterocycles. The Bertz CT molecular complexity index is 489. The van der Waals surface area contributed by atoms with Crippen LogP contribution >= 0.6 is 0 Å². The Morgan fingerprint density at radius 3 is 3.06 bits per heavy atom. The predicted molar refractivity (Wildman–Crippen MR) is 65.5 cm³/mol. The van der Waals surface area contributed by atoms with Gasteiger partial charge in [-0.1, -0.05) is 18.2 Å². The Labute approximate surface area is 95.5 Å². The first-order chi connectivity index (χ1) is 7.90. The quantitative estimate of drug-likeness (QED) is 0.833. The molecule has 1 saturated carbocycles. The highest BCUT2D eigenvalue weighted by atomic mass is 15.3. The number of hydrogen-bond donors (Lipinski definition) is 1. The summed E-state index contributed by atoms with van der Waals surface area (Å²) in [6.07, 6.45) is 5.76. The number of nitrogens with zero attached hydrogens (tertiary/aromatic N) is 2. The molecule has 0 radical (unpaired) electrons. The SMILES string of the molecule is CNC1CCCC1n1ncc2ccccc21. The molecule has 0 aliphatic heterocycles. The molecule has 0 bridgehead atoms. The Balaban J connectivity index is 2.05. The third-order valence-electron chi connectivity index (χ3n) is 3.67. The molecule has 0 saturated heterocycles. The van der Waals surface area contributed by atoms with Crippen LogP contribution in [0.25, 0.3) is 10.9 Å². The molecule has 3 rings (SSSR count). The van der Waals surface area contributed by atoms with Crippen molar-refractivity contribution in [3.05, 3.63) is 30.5 Å². The predicted octanol–water partition coefficient (Wildman–Crippen LogP) is 2.35. The maximum Gasteiger partial charge on any atom is 0.0686 e. The maximum atomic E-state index is 4.55. The number of fused-ring (bicyclic) bond motifs is 1. The Hall–Kier alpha value is -1.35. The van der Waals surface area contributed by atoms with Gasteiger partial charge >= 0.3 is 0 Å². The molecule has 3 heteroatoms. The largest absolute Gasteiger partial charge is 0.315 e. The van der Waals surface area contributed by atoms with Crippen LogP contribution in [-0.4, -0.2) is 22.9 Å². The smallest absolute Gasteiger partial charge is 0.0686 e. The van der Waals surface area contributed by atoms with Gasteiger partial charge in [-0.3, -0.25) is 4.68 Å². The van der Waals surface area contributed by atoms with Gasteiger partial charge in [-0.05, 0) is 32.4 Å². The van der Waals surface area contributed by atoms with E-state index in [0.717, 1.165) is 0 Å². The zero-order valence-electron chi connectivity index (χ0n) is 9.56. The van der Waals surface area contributed by atoms with Crippen molar-refractivity contribution in [2.24, 2.45) is 0 Å². The second kappa shape index (κ2) is 3.91. The van der Waals surface area contributed by atoms with E-state index in [2.05, 4.69) is 46.4 Å². The van der Waals surface area contributed by atoms with Crippen molar-refractivity contribution in [3.63, 3.8) is 0 Å². The standard InChI is InChI=1S/C13H17N3/c1-14-11-6-4-8-13(11)16-12-7-3-2-5-10(12)9-15-16/h2-3,5,7,9,11,13-14H,4,6,8H2,1H3. The molecular formula is C13H17N3. The van der Waals surface area contributed by atoms with Gasteiger partial charge in [-0.15, -0.1) is 0 Å². The third-order valence-corrected chi connectivity index (χ3v) is 3.67. The molecule has 3 nitrogen and oxygen atoms in total. The van der Waals surface area contributed by atoms with Gasteiger partial charge in [0.1, 0.15) is 0 Å². The minimum Gasteiger partial charge on any atom is -0.315 e. The zero-order chi connectivity index (χ0) is 11.0. The van der Waals surface area contributed by atoms with Gasteiger partial charge in [0.05, 0.1) is 17.8 Å². The first kappa shape index (κ1) is 9.85. The number of benzene rings is 1. The number of likely N-dealkylation sites (N-methyl/N-ethyl adjacent to an activating group) is 1. The van der Waals surface area contributed by atoms with Crippen molar-refractivity contribution in [1.29, 1.82) is 0 Å². The first-order valence-electron chi connectivity index (χ1n) is 5.99. The lowest BCUT2D eigenvalue weighted by atomic mass is 10.1. The number of rotatable bonds is 2. The van der Waals surface area contributed by atoms with Gasteiger partial charge in [0.2, 0.25) is 0 Å². The summed E-state index contributed by atoms with van der Waals surface area (Å²) in [5.41, 5.74) is 1.26. The molecule has 1 fully saturated rings. The van der Waals surface area contributed by atoms with Crippen molar-refractivity contribution >= 4 is 10.9 Å². The van der Waals surface area contributed by atoms with Crippen LogP contribution in [0.3, 0.4) is 0 Å². The van der Waals surface area contributed by atoms with E-state index in [0.29, 0.717) is 12.1 Å². The molecule has 16 heavy (non-hydrogen) atoms. The molecule has 0 spiro atoms. The molecule has 84 valence electrons. The fourth-order valence-electron chi connectivity index (χ4n) is 2.83. The van der Waals surface area contributed by atoms with E-state index in [1.54, 1.807) is 0 Å². The lowest BCUT2D eigenvalue weighted by molar-refractivity contribution is 0.393. The Morgan fingerprint density at radius 2 is 2.19 bits per heavy atom. The Morgan fingerprint density at radius 1 is 1.31 bits per heavy atom. The van der Waals surface area contributed by atoms with Crippen LogP contribution in [0.4, 0.5) is 0 Å². The van der Waals surface area contributed by atoms with Crippen molar-refractivity contribution in [1.82, 2.24) is 15.1 Å². The van der Waals surface area contributed by atoms with E-state index in [1.807, 2.05) is 6.20 Å². The molecule has 2 aromatic rings. The van der Waals surface area contributed by atoms with E-state index in [4.69, 9.17) is 0 Å². The van der Waals surface area contributed by atoms with Gasteiger partial charge in [-0.2, -0.15) is 5.10 Å². The van der Waals surface area contributed by atoms with Gasteiger partial charge in [0.15, 0.2) is 0 Å². The zero-order valence-corrected chi connectivity index (χ0v) is 9.56. The average Bonchev–Trinajstić information content (AvgIpc) is 2.94. The molecule has 1 N–H and O–H groups in total. The van der Waals surface area contributed by atoms with Gasteiger partial charge in [0, 0.05) is 11.4 Å². The first-order valence-corrected chi connectivity index (χ1v) is 5.99. The maximum absolute atomic E-state index is 4.55. The van der Waals surface area contributed by atoms with Gasteiger partial charge < -0.3 is 5.32 Å². The summed E-state index contributed by atoms with van der Waals surface area (Å²) < 4.78 is 2.20. The highest BCUT2D eigenvalue weighted by molar-refractivity contribution is 5.78. The van der Waals surface area contributed by atoms with E-state index in [-0.39, 0.29) is 0 Å². The Kier molecular flexibility index (Phi) is 2.40. The number of para-hydroxylation sites is 1. The highest BCUT2D eigenvalue weighted by Crippen LogP contribution is 2.31. The summed E-state index contributed by atoms with van der Waals surface area (Å²) in [6.45, 7) is 0. The number of hydrogen-bond acceptors (Lipinski definition) is 2. The van der Waals surface area contributed by atoms with Crippen LogP contribution in [0.15, 0.2) is 30.5 Å². The molecule has 0 amide bonds. The lowest BCUT2D eigenvalue weighted by Crippen LogP contribution is -2.31. The molecular weight excluding hydrogens is 198 g/mol. The minimum atomic E-state index is 0.518. The van der Waals surface area contributed by atoms with E-state index in [1.165, 1.54) is 30.2 Å². The van der Waals surface area contributed by atoms with Crippen LogP contribution < -0.4 is 5.32 Å². The van der Waals surface area contributed by atoms with E-state index in [9.17, 15) is 0 Å². The van der Waals surface area contributed by atoms with Crippen LogP contribution in [0.2, 0.25) is 0 Å². The summed E-state index contributed by atoms with van der Waals surface area (Å²) in [4.78, 5) is 0. The molecule has 1 aromatic heterocycles. The minimum absolute atomic E-state index is 0.518. The van der Waals surface area contributed by atoms with Crippen LogP contribution in [0.1, 0.15) is 25.3 Å². The molecule has 1 aromatic carbocycles. The van der Waals surface area contributed by atoms with Gasteiger partial charge in [0.25, 0.3) is 0 Å². The van der Waals surface area contributed by atoms with E-state index < -0.39 is 0 Å². The van der Waals surface area contributed by atoms with Crippen LogP contribution in [0, 0.1) is 0 Å².